The molecule has 16 heteroatoms. The monoisotopic (exact) mass is 838 g/mol. The predicted octanol–water partition coefficient (Wildman–Crippen LogP) is 3.94. The average molecular weight is 839 g/mol. The quantitative estimate of drug-likeness (QED) is 0.0351. The molecule has 0 aliphatic rings. The molecule has 0 aliphatic heterocycles. The molecule has 0 spiro atoms. The van der Waals surface area contributed by atoms with Crippen molar-refractivity contribution in [3.63, 3.8) is 0 Å². The molecular weight excluding hydrogens is 789 g/mol. The summed E-state index contributed by atoms with van der Waals surface area (Å²) in [6, 6.07) is 28.4. The number of nitrogens with two attached hydrogens (primary N) is 2. The van der Waals surface area contributed by atoms with Gasteiger partial charge in [0.25, 0.3) is 11.4 Å². The number of unbranched alkanes of at least 4 members (excludes halogenated alkanes) is 1. The highest BCUT2D eigenvalue weighted by molar-refractivity contribution is 6.15. The third-order valence-corrected chi connectivity index (χ3v) is 10.0. The summed E-state index contributed by atoms with van der Waals surface area (Å²) in [4.78, 5) is 98.6. The Balaban J connectivity index is 1.97. The van der Waals surface area contributed by atoms with Gasteiger partial charge in [0.2, 0.25) is 5.91 Å². The van der Waals surface area contributed by atoms with Crippen LogP contribution in [0.3, 0.4) is 0 Å². The fourth-order valence-electron chi connectivity index (χ4n) is 6.76. The van der Waals surface area contributed by atoms with Crippen molar-refractivity contribution in [2.75, 3.05) is 6.54 Å². The zero-order valence-corrected chi connectivity index (χ0v) is 33.3. The van der Waals surface area contributed by atoms with E-state index in [1.165, 1.54) is 36.4 Å². The first-order chi connectivity index (χ1) is 29.3. The molecule has 0 saturated carbocycles. The SMILES string of the molecule is NCCCC[C@H](N)C(=O)N[C@@H](CC(Cc1ccccc1)C(=O)O)C(=O)N(C(=O)OCc1ccccc1)[C@@](C(=O)O)(C(=O)OCc1ccccc1)C(Cc1ccccc1)C(=O)O. The van der Waals surface area contributed by atoms with Gasteiger partial charge in [0, 0.05) is 0 Å². The minimum Gasteiger partial charge on any atom is -0.481 e. The van der Waals surface area contributed by atoms with Crippen molar-refractivity contribution in [3.05, 3.63) is 144 Å². The molecule has 0 bridgehead atoms. The van der Waals surface area contributed by atoms with E-state index in [0.29, 0.717) is 36.1 Å². The van der Waals surface area contributed by atoms with Crippen LogP contribution in [0.5, 0.6) is 0 Å². The lowest BCUT2D eigenvalue weighted by atomic mass is 9.77. The molecule has 0 saturated heterocycles. The summed E-state index contributed by atoms with van der Waals surface area (Å²) in [6.07, 6.45) is -2.57. The van der Waals surface area contributed by atoms with Crippen LogP contribution in [0.4, 0.5) is 4.79 Å². The number of esters is 1. The van der Waals surface area contributed by atoms with E-state index in [2.05, 4.69) is 5.32 Å². The van der Waals surface area contributed by atoms with Gasteiger partial charge >= 0.3 is 30.0 Å². The van der Waals surface area contributed by atoms with Crippen LogP contribution < -0.4 is 16.8 Å². The number of nitrogens with one attached hydrogen (secondary N) is 1. The van der Waals surface area contributed by atoms with Gasteiger partial charge in [0.15, 0.2) is 0 Å². The van der Waals surface area contributed by atoms with E-state index < -0.39 is 97.3 Å². The minimum atomic E-state index is -3.74. The molecule has 16 nitrogen and oxygen atoms in total. The van der Waals surface area contributed by atoms with E-state index >= 15 is 4.79 Å². The van der Waals surface area contributed by atoms with Gasteiger partial charge < -0.3 is 41.6 Å². The Hall–Kier alpha value is -6.91. The Morgan fingerprint density at radius 3 is 1.57 bits per heavy atom. The number of carboxylic acid groups (broad SMARTS) is 3. The second-order valence-corrected chi connectivity index (χ2v) is 14.3. The number of imide groups is 1. The number of ether oxygens (including phenoxy) is 2. The van der Waals surface area contributed by atoms with E-state index in [1.807, 2.05) is 0 Å². The Morgan fingerprint density at radius 2 is 1.11 bits per heavy atom. The topological polar surface area (TPSA) is 266 Å². The number of nitrogens with zero attached hydrogens (tertiary/aromatic N) is 1. The molecule has 0 radical (unpaired) electrons. The number of hydrogen-bond acceptors (Lipinski definition) is 11. The molecule has 0 heterocycles. The number of carbonyl (C=O) groups excluding carboxylic acids is 4. The molecule has 4 aromatic carbocycles. The van der Waals surface area contributed by atoms with E-state index in [4.69, 9.17) is 20.9 Å². The highest BCUT2D eigenvalue weighted by Gasteiger charge is 2.66. The highest BCUT2D eigenvalue weighted by atomic mass is 16.6. The van der Waals surface area contributed by atoms with Crippen LogP contribution in [0.2, 0.25) is 0 Å². The second kappa shape index (κ2) is 23.0. The Kier molecular flexibility index (Phi) is 17.7. The van der Waals surface area contributed by atoms with E-state index in [9.17, 15) is 44.1 Å². The van der Waals surface area contributed by atoms with Crippen LogP contribution in [0.15, 0.2) is 121 Å². The van der Waals surface area contributed by atoms with Crippen LogP contribution in [0.25, 0.3) is 0 Å². The molecule has 3 amide bonds. The van der Waals surface area contributed by atoms with Gasteiger partial charge in [-0.2, -0.15) is 0 Å². The lowest BCUT2D eigenvalue weighted by Crippen LogP contribution is -2.72. The van der Waals surface area contributed by atoms with E-state index in [1.54, 1.807) is 84.9 Å². The average Bonchev–Trinajstić information content (AvgIpc) is 3.26. The molecule has 0 aromatic heterocycles. The highest BCUT2D eigenvalue weighted by Crippen LogP contribution is 2.35. The fraction of sp³-hybridized carbons (Fsp3) is 0.311. The molecule has 4 aromatic rings. The summed E-state index contributed by atoms with van der Waals surface area (Å²) in [7, 11) is 0. The molecule has 322 valence electrons. The van der Waals surface area contributed by atoms with Crippen molar-refractivity contribution in [2.24, 2.45) is 23.3 Å². The maximum atomic E-state index is 15.3. The number of amides is 3. The van der Waals surface area contributed by atoms with Crippen LogP contribution in [0, 0.1) is 11.8 Å². The first-order valence-electron chi connectivity index (χ1n) is 19.6. The van der Waals surface area contributed by atoms with Crippen molar-refractivity contribution in [1.29, 1.82) is 0 Å². The third-order valence-electron chi connectivity index (χ3n) is 10.0. The zero-order chi connectivity index (χ0) is 44.4. The molecule has 8 N–H and O–H groups in total. The summed E-state index contributed by atoms with van der Waals surface area (Å²) in [5.41, 5.74) is 9.46. The number of aliphatic carboxylic acids is 3. The standard InChI is InChI=1S/C45H50N4O12/c46-24-14-13-23-36(47)38(50)48-37(27-34(40(52)53)25-30-15-5-1-6-16-30)39(51)49(44(59)61-29-33-21-11-4-12-22-33)45(42(56)57,43(58)60-28-32-19-9-3-10-20-32)35(41(54)55)26-31-17-7-2-8-18-31/h1-12,15-22,34-37H,13-14,23-29,46-47H2,(H,48,50)(H,52,53)(H,54,55)(H,56,57)/t34?,35?,36-,37-,45-/m0/s1. The van der Waals surface area contributed by atoms with Gasteiger partial charge in [0.1, 0.15) is 25.2 Å². The maximum absolute atomic E-state index is 15.3. The van der Waals surface area contributed by atoms with Crippen LogP contribution in [0.1, 0.15) is 47.9 Å². The summed E-state index contributed by atoms with van der Waals surface area (Å²) in [5, 5.41) is 35.0. The largest absolute Gasteiger partial charge is 0.481 e. The first-order valence-corrected chi connectivity index (χ1v) is 19.6. The predicted molar refractivity (Wildman–Crippen MR) is 220 cm³/mol. The number of rotatable bonds is 23. The fourth-order valence-corrected chi connectivity index (χ4v) is 6.76. The zero-order valence-electron chi connectivity index (χ0n) is 33.3. The van der Waals surface area contributed by atoms with E-state index in [-0.39, 0.29) is 23.3 Å². The third kappa shape index (κ3) is 12.8. The molecule has 0 fully saturated rings. The maximum Gasteiger partial charge on any atom is 0.418 e. The van der Waals surface area contributed by atoms with E-state index in [0.717, 1.165) is 0 Å². The van der Waals surface area contributed by atoms with Crippen LogP contribution in [-0.4, -0.2) is 86.2 Å². The Bertz CT molecular complexity index is 2090. The lowest BCUT2D eigenvalue weighted by Gasteiger charge is -2.41. The number of hydrogen-bond donors (Lipinski definition) is 6. The van der Waals surface area contributed by atoms with Gasteiger partial charge in [-0.1, -0.05) is 128 Å². The lowest BCUT2D eigenvalue weighted by molar-refractivity contribution is -0.185. The van der Waals surface area contributed by atoms with Crippen LogP contribution >= 0.6 is 0 Å². The molecule has 5 atom stereocenters. The van der Waals surface area contributed by atoms with Gasteiger partial charge in [-0.3, -0.25) is 19.2 Å². The van der Waals surface area contributed by atoms with Crippen molar-refractivity contribution < 1.29 is 58.4 Å². The first kappa shape index (κ1) is 46.8. The summed E-state index contributed by atoms with van der Waals surface area (Å²) in [6.45, 7) is -0.923. The van der Waals surface area contributed by atoms with Gasteiger partial charge in [-0.15, -0.1) is 0 Å². The molecule has 61 heavy (non-hydrogen) atoms. The van der Waals surface area contributed by atoms with Gasteiger partial charge in [0.05, 0.1) is 12.0 Å². The van der Waals surface area contributed by atoms with Crippen molar-refractivity contribution in [2.45, 2.75) is 69.4 Å². The number of carbonyl (C=O) groups is 7. The van der Waals surface area contributed by atoms with Crippen molar-refractivity contribution >= 4 is 41.8 Å². The van der Waals surface area contributed by atoms with Crippen LogP contribution in [-0.2, 0) is 64.3 Å². The summed E-state index contributed by atoms with van der Waals surface area (Å²) >= 11 is 0. The Labute approximate surface area is 352 Å². The summed E-state index contributed by atoms with van der Waals surface area (Å²) < 4.78 is 11.0. The smallest absolute Gasteiger partial charge is 0.418 e. The minimum absolute atomic E-state index is 0.0716. The number of benzene rings is 4. The summed E-state index contributed by atoms with van der Waals surface area (Å²) in [5.74, 6) is -14.1. The molecular formula is C45H50N4O12. The number of carboxylic acids is 3. The van der Waals surface area contributed by atoms with Crippen molar-refractivity contribution in [1.82, 2.24) is 10.2 Å². The molecule has 4 rings (SSSR count). The van der Waals surface area contributed by atoms with Crippen molar-refractivity contribution in [3.8, 4) is 0 Å². The Morgan fingerprint density at radius 1 is 0.639 bits per heavy atom. The van der Waals surface area contributed by atoms with Gasteiger partial charge in [-0.05, 0) is 60.9 Å². The van der Waals surface area contributed by atoms with Gasteiger partial charge in [-0.25, -0.2) is 19.3 Å². The molecule has 0 aliphatic carbocycles. The molecule has 2 unspecified atom stereocenters. The second-order valence-electron chi connectivity index (χ2n) is 14.3. The normalized spacial score (nSPS) is 13.9.